The van der Waals surface area contributed by atoms with E-state index in [4.69, 9.17) is 4.74 Å². The van der Waals surface area contributed by atoms with Gasteiger partial charge in [0.15, 0.2) is 0 Å². The van der Waals surface area contributed by atoms with E-state index in [1.165, 1.54) is 24.0 Å². The van der Waals surface area contributed by atoms with Gasteiger partial charge in [0.05, 0.1) is 13.2 Å². The van der Waals surface area contributed by atoms with Gasteiger partial charge in [-0.25, -0.2) is 0 Å². The first-order chi connectivity index (χ1) is 12.6. The van der Waals surface area contributed by atoms with Gasteiger partial charge in [0.2, 0.25) is 0 Å². The predicted molar refractivity (Wildman–Crippen MR) is 105 cm³/mol. The lowest BCUT2D eigenvalue weighted by Crippen LogP contribution is -2.34. The zero-order valence-electron chi connectivity index (χ0n) is 15.9. The van der Waals surface area contributed by atoms with Gasteiger partial charge in [0, 0.05) is 17.7 Å². The van der Waals surface area contributed by atoms with Crippen molar-refractivity contribution in [3.05, 3.63) is 64.7 Å². The lowest BCUT2D eigenvalue weighted by atomic mass is 9.90. The summed E-state index contributed by atoms with van der Waals surface area (Å²) in [4.78, 5) is 14.8. The van der Waals surface area contributed by atoms with Gasteiger partial charge in [-0.1, -0.05) is 24.3 Å². The fourth-order valence-electron chi connectivity index (χ4n) is 3.68. The molecular formula is C22H28N2O2. The number of aryl methyl sites for hydroxylation is 2. The number of ether oxygens (including phenoxy) is 1. The van der Waals surface area contributed by atoms with E-state index in [1.54, 1.807) is 7.11 Å². The zero-order valence-corrected chi connectivity index (χ0v) is 15.9. The number of carbonyl (C=O) groups excluding carboxylic acids is 1. The van der Waals surface area contributed by atoms with Crippen molar-refractivity contribution in [2.24, 2.45) is 0 Å². The van der Waals surface area contributed by atoms with Crippen molar-refractivity contribution in [2.75, 3.05) is 27.7 Å². The van der Waals surface area contributed by atoms with Crippen LogP contribution in [0.3, 0.4) is 0 Å². The van der Waals surface area contributed by atoms with Crippen LogP contribution in [0.5, 0.6) is 5.75 Å². The van der Waals surface area contributed by atoms with Gasteiger partial charge >= 0.3 is 0 Å². The molecule has 26 heavy (non-hydrogen) atoms. The molecule has 0 saturated heterocycles. The summed E-state index contributed by atoms with van der Waals surface area (Å²) in [7, 11) is 5.71. The third kappa shape index (κ3) is 4.07. The normalized spacial score (nSPS) is 14.6. The molecule has 0 bridgehead atoms. The lowest BCUT2D eigenvalue weighted by molar-refractivity contribution is 0.0941. The van der Waals surface area contributed by atoms with E-state index >= 15 is 0 Å². The van der Waals surface area contributed by atoms with Gasteiger partial charge in [0.1, 0.15) is 5.75 Å². The van der Waals surface area contributed by atoms with Crippen LogP contribution < -0.4 is 10.1 Å². The van der Waals surface area contributed by atoms with Gasteiger partial charge in [-0.3, -0.25) is 4.79 Å². The van der Waals surface area contributed by atoms with E-state index in [0.717, 1.165) is 29.7 Å². The number of methoxy groups -OCH3 is 1. The first-order valence-corrected chi connectivity index (χ1v) is 9.29. The van der Waals surface area contributed by atoms with E-state index in [2.05, 4.69) is 28.4 Å². The Labute approximate surface area is 156 Å². The molecule has 0 fully saturated rings. The molecule has 4 nitrogen and oxygen atoms in total. The second-order valence-corrected chi connectivity index (χ2v) is 7.12. The minimum absolute atomic E-state index is 0.0138. The number of hydrogen-bond acceptors (Lipinski definition) is 3. The van der Waals surface area contributed by atoms with Crippen LogP contribution in [0.2, 0.25) is 0 Å². The molecule has 1 atom stereocenters. The minimum atomic E-state index is -0.0138. The SMILES string of the molecule is COc1ccccc1C(CNC(=O)c1ccc2c(c1)CCCC2)N(C)C. The summed E-state index contributed by atoms with van der Waals surface area (Å²) in [6, 6.07) is 14.2. The monoisotopic (exact) mass is 352 g/mol. The molecule has 1 amide bonds. The van der Waals surface area contributed by atoms with Crippen LogP contribution >= 0.6 is 0 Å². The largest absolute Gasteiger partial charge is 0.496 e. The first kappa shape index (κ1) is 18.5. The second-order valence-electron chi connectivity index (χ2n) is 7.12. The molecule has 4 heteroatoms. The van der Waals surface area contributed by atoms with Gasteiger partial charge in [0.25, 0.3) is 5.91 Å². The molecule has 138 valence electrons. The third-order valence-electron chi connectivity index (χ3n) is 5.19. The lowest BCUT2D eigenvalue weighted by Gasteiger charge is -2.26. The molecule has 3 rings (SSSR count). The number of likely N-dealkylation sites (N-methyl/N-ethyl adjacent to an activating group) is 1. The summed E-state index contributed by atoms with van der Waals surface area (Å²) >= 11 is 0. The number of amides is 1. The second kappa shape index (κ2) is 8.37. The van der Waals surface area contributed by atoms with Crippen LogP contribution in [-0.4, -0.2) is 38.6 Å². The molecule has 0 saturated carbocycles. The van der Waals surface area contributed by atoms with Crippen molar-refractivity contribution in [1.29, 1.82) is 0 Å². The van der Waals surface area contributed by atoms with E-state index in [0.29, 0.717) is 6.54 Å². The summed E-state index contributed by atoms with van der Waals surface area (Å²) in [6.45, 7) is 0.531. The predicted octanol–water partition coefficient (Wildman–Crippen LogP) is 3.61. The van der Waals surface area contributed by atoms with E-state index in [-0.39, 0.29) is 11.9 Å². The zero-order chi connectivity index (χ0) is 18.5. The molecule has 1 N–H and O–H groups in total. The van der Waals surface area contributed by atoms with Crippen molar-refractivity contribution >= 4 is 5.91 Å². The Morgan fingerprint density at radius 3 is 2.58 bits per heavy atom. The fourth-order valence-corrected chi connectivity index (χ4v) is 3.68. The van der Waals surface area contributed by atoms with Gasteiger partial charge in [-0.05, 0) is 69.1 Å². The highest BCUT2D eigenvalue weighted by atomic mass is 16.5. The molecule has 1 aliphatic rings. The van der Waals surface area contributed by atoms with Crippen LogP contribution in [-0.2, 0) is 12.8 Å². The van der Waals surface area contributed by atoms with Crippen LogP contribution in [0.25, 0.3) is 0 Å². The maximum absolute atomic E-state index is 12.7. The fraction of sp³-hybridized carbons (Fsp3) is 0.409. The average molecular weight is 352 g/mol. The quantitative estimate of drug-likeness (QED) is 0.863. The molecule has 2 aromatic rings. The Balaban J connectivity index is 1.72. The van der Waals surface area contributed by atoms with Gasteiger partial charge in [-0.15, -0.1) is 0 Å². The number of rotatable bonds is 6. The van der Waals surface area contributed by atoms with Gasteiger partial charge in [-0.2, -0.15) is 0 Å². The average Bonchev–Trinajstić information content (AvgIpc) is 2.67. The molecule has 0 spiro atoms. The molecule has 1 aliphatic carbocycles. The van der Waals surface area contributed by atoms with E-state index in [9.17, 15) is 4.79 Å². The maximum Gasteiger partial charge on any atom is 0.251 e. The summed E-state index contributed by atoms with van der Waals surface area (Å²) in [5, 5.41) is 3.10. The van der Waals surface area contributed by atoms with Crippen molar-refractivity contribution in [2.45, 2.75) is 31.7 Å². The van der Waals surface area contributed by atoms with Crippen molar-refractivity contribution in [3.63, 3.8) is 0 Å². The number of para-hydroxylation sites is 1. The number of fused-ring (bicyclic) bond motifs is 1. The molecule has 0 aromatic heterocycles. The number of hydrogen-bond donors (Lipinski definition) is 1. The summed E-state index contributed by atoms with van der Waals surface area (Å²) in [5.74, 6) is 0.828. The first-order valence-electron chi connectivity index (χ1n) is 9.29. The number of nitrogens with one attached hydrogen (secondary N) is 1. The standard InChI is InChI=1S/C22H28N2O2/c1-24(2)20(19-10-6-7-11-21(19)26-3)15-23-22(25)18-13-12-16-8-4-5-9-17(16)14-18/h6-7,10-14,20H,4-5,8-9,15H2,1-3H3,(H,23,25). The smallest absolute Gasteiger partial charge is 0.251 e. The van der Waals surface area contributed by atoms with E-state index in [1.807, 2.05) is 38.4 Å². The Hall–Kier alpha value is -2.33. The van der Waals surface area contributed by atoms with E-state index < -0.39 is 0 Å². The van der Waals surface area contributed by atoms with Gasteiger partial charge < -0.3 is 15.0 Å². The molecule has 2 aromatic carbocycles. The molecule has 0 heterocycles. The van der Waals surface area contributed by atoms with Crippen molar-refractivity contribution < 1.29 is 9.53 Å². The van der Waals surface area contributed by atoms with Crippen LogP contribution in [0, 0.1) is 0 Å². The van der Waals surface area contributed by atoms with Crippen LogP contribution in [0.4, 0.5) is 0 Å². The number of nitrogens with zero attached hydrogens (tertiary/aromatic N) is 1. The Bertz CT molecular complexity index is 770. The third-order valence-corrected chi connectivity index (χ3v) is 5.19. The highest BCUT2D eigenvalue weighted by Crippen LogP contribution is 2.27. The highest BCUT2D eigenvalue weighted by molar-refractivity contribution is 5.94. The summed E-state index contributed by atoms with van der Waals surface area (Å²) in [5.41, 5.74) is 4.56. The number of benzene rings is 2. The van der Waals surface area contributed by atoms with Crippen LogP contribution in [0.15, 0.2) is 42.5 Å². The number of carbonyl (C=O) groups is 1. The van der Waals surface area contributed by atoms with Crippen LogP contribution in [0.1, 0.15) is 45.9 Å². The molecule has 0 aliphatic heterocycles. The molecule has 1 unspecified atom stereocenters. The summed E-state index contributed by atoms with van der Waals surface area (Å²) < 4.78 is 5.49. The Morgan fingerprint density at radius 1 is 1.12 bits per heavy atom. The topological polar surface area (TPSA) is 41.6 Å². The Morgan fingerprint density at radius 2 is 1.85 bits per heavy atom. The minimum Gasteiger partial charge on any atom is -0.496 e. The highest BCUT2D eigenvalue weighted by Gasteiger charge is 2.20. The molecular weight excluding hydrogens is 324 g/mol. The Kier molecular flexibility index (Phi) is 5.94. The molecule has 0 radical (unpaired) electrons. The summed E-state index contributed by atoms with van der Waals surface area (Å²) in [6.07, 6.45) is 4.68. The van der Waals surface area contributed by atoms with Crippen molar-refractivity contribution in [1.82, 2.24) is 10.2 Å². The van der Waals surface area contributed by atoms with Crippen molar-refractivity contribution in [3.8, 4) is 5.75 Å². The maximum atomic E-state index is 12.7.